The molecular weight excluding hydrogens is 266 g/mol. The van der Waals surface area contributed by atoms with Crippen LogP contribution < -0.4 is 10.2 Å². The first kappa shape index (κ1) is 13.2. The number of anilines is 1. The second kappa shape index (κ2) is 5.57. The molecule has 0 fully saturated rings. The van der Waals surface area contributed by atoms with Crippen molar-refractivity contribution in [2.45, 2.75) is 13.5 Å². The first-order valence-electron chi connectivity index (χ1n) is 5.48. The quantitative estimate of drug-likeness (QED) is 0.850. The molecule has 0 bridgehead atoms. The van der Waals surface area contributed by atoms with Crippen molar-refractivity contribution in [3.8, 4) is 0 Å². The molecule has 1 heterocycles. The van der Waals surface area contributed by atoms with Gasteiger partial charge >= 0.3 is 4.87 Å². The normalized spacial score (nSPS) is 10.2. The Balaban J connectivity index is 2.14. The Morgan fingerprint density at radius 2 is 2.11 bits per heavy atom. The second-order valence-corrected chi connectivity index (χ2v) is 4.61. The summed E-state index contributed by atoms with van der Waals surface area (Å²) in [6, 6.07) is 6.71. The molecule has 98 valence electrons. The topological polar surface area (TPSA) is 81.1 Å². The van der Waals surface area contributed by atoms with Crippen molar-refractivity contribution in [1.29, 1.82) is 0 Å². The Morgan fingerprint density at radius 3 is 2.74 bits per heavy atom. The standard InChI is InChI=1S/C12H11N3O3S/c1-8(16)9-4-2-3-5-10(9)14-11(17)6-15-12(18)19-7-13-15/h2-5,7H,6H2,1H3,(H,14,17). The number of rotatable bonds is 4. The van der Waals surface area contributed by atoms with Gasteiger partial charge in [-0.3, -0.25) is 14.4 Å². The molecule has 1 N–H and O–H groups in total. The monoisotopic (exact) mass is 277 g/mol. The van der Waals surface area contributed by atoms with Crippen molar-refractivity contribution in [2.24, 2.45) is 0 Å². The van der Waals surface area contributed by atoms with Crippen LogP contribution in [0.2, 0.25) is 0 Å². The smallest absolute Gasteiger partial charge is 0.324 e. The Labute approximate surface area is 112 Å². The number of ketones is 1. The van der Waals surface area contributed by atoms with Gasteiger partial charge in [0.15, 0.2) is 5.78 Å². The lowest BCUT2D eigenvalue weighted by atomic mass is 10.1. The zero-order valence-corrected chi connectivity index (χ0v) is 10.9. The average Bonchev–Trinajstić information content (AvgIpc) is 2.75. The first-order valence-corrected chi connectivity index (χ1v) is 6.36. The number of nitrogens with zero attached hydrogens (tertiary/aromatic N) is 2. The van der Waals surface area contributed by atoms with Crippen LogP contribution in [0.4, 0.5) is 5.69 Å². The van der Waals surface area contributed by atoms with Gasteiger partial charge in [0.2, 0.25) is 5.91 Å². The molecule has 2 rings (SSSR count). The molecule has 0 atom stereocenters. The van der Waals surface area contributed by atoms with Gasteiger partial charge in [-0.05, 0) is 19.1 Å². The fourth-order valence-electron chi connectivity index (χ4n) is 1.56. The van der Waals surface area contributed by atoms with Crippen molar-refractivity contribution in [3.63, 3.8) is 0 Å². The second-order valence-electron chi connectivity index (χ2n) is 3.81. The van der Waals surface area contributed by atoms with Crippen LogP contribution in [-0.4, -0.2) is 21.5 Å². The summed E-state index contributed by atoms with van der Waals surface area (Å²) in [6.45, 7) is 1.25. The maximum atomic E-state index is 11.8. The molecule has 0 radical (unpaired) electrons. The predicted octanol–water partition coefficient (Wildman–Crippen LogP) is 1.15. The molecule has 0 aliphatic rings. The van der Waals surface area contributed by atoms with Gasteiger partial charge in [0.1, 0.15) is 12.1 Å². The molecule has 0 aliphatic heterocycles. The molecule has 0 spiro atoms. The van der Waals surface area contributed by atoms with Crippen LogP contribution in [0.15, 0.2) is 34.6 Å². The van der Waals surface area contributed by atoms with E-state index in [1.165, 1.54) is 12.4 Å². The minimum atomic E-state index is -0.401. The van der Waals surface area contributed by atoms with Gasteiger partial charge in [-0.1, -0.05) is 23.5 Å². The van der Waals surface area contributed by atoms with Gasteiger partial charge in [-0.2, -0.15) is 5.10 Å². The Morgan fingerprint density at radius 1 is 1.37 bits per heavy atom. The van der Waals surface area contributed by atoms with Crippen LogP contribution in [0.1, 0.15) is 17.3 Å². The highest BCUT2D eigenvalue weighted by Gasteiger charge is 2.11. The number of para-hydroxylation sites is 1. The zero-order chi connectivity index (χ0) is 13.8. The molecule has 1 aromatic heterocycles. The van der Waals surface area contributed by atoms with Gasteiger partial charge in [0, 0.05) is 5.56 Å². The van der Waals surface area contributed by atoms with E-state index < -0.39 is 5.91 Å². The van der Waals surface area contributed by atoms with Crippen molar-refractivity contribution in [1.82, 2.24) is 9.78 Å². The summed E-state index contributed by atoms with van der Waals surface area (Å²) in [5.41, 5.74) is 2.24. The number of amides is 1. The largest absolute Gasteiger partial charge is 0.325 e. The Bertz CT molecular complexity index is 675. The van der Waals surface area contributed by atoms with Crippen molar-refractivity contribution < 1.29 is 9.59 Å². The fourth-order valence-corrected chi connectivity index (χ4v) is 2.05. The third-order valence-corrected chi connectivity index (χ3v) is 3.04. The van der Waals surface area contributed by atoms with Crippen molar-refractivity contribution >= 4 is 28.7 Å². The highest BCUT2D eigenvalue weighted by atomic mass is 32.1. The minimum absolute atomic E-state index is 0.137. The van der Waals surface area contributed by atoms with E-state index in [1.54, 1.807) is 24.3 Å². The van der Waals surface area contributed by atoms with Crippen LogP contribution >= 0.6 is 11.3 Å². The molecule has 0 aliphatic carbocycles. The van der Waals surface area contributed by atoms with Crippen molar-refractivity contribution in [2.75, 3.05) is 5.32 Å². The van der Waals surface area contributed by atoms with Crippen LogP contribution in [0.3, 0.4) is 0 Å². The predicted molar refractivity (Wildman–Crippen MR) is 71.5 cm³/mol. The van der Waals surface area contributed by atoms with Gasteiger partial charge in [-0.15, -0.1) is 0 Å². The summed E-state index contributed by atoms with van der Waals surface area (Å²) in [6.07, 6.45) is 0. The highest BCUT2D eigenvalue weighted by molar-refractivity contribution is 7.06. The van der Waals surface area contributed by atoms with E-state index in [0.717, 1.165) is 16.0 Å². The van der Waals surface area contributed by atoms with Gasteiger partial charge < -0.3 is 5.32 Å². The van der Waals surface area contributed by atoms with E-state index >= 15 is 0 Å². The third-order valence-electron chi connectivity index (χ3n) is 2.42. The number of carbonyl (C=O) groups is 2. The lowest BCUT2D eigenvalue weighted by molar-refractivity contribution is -0.116. The lowest BCUT2D eigenvalue weighted by Gasteiger charge is -2.08. The molecule has 6 nitrogen and oxygen atoms in total. The third kappa shape index (κ3) is 3.14. The number of hydrogen-bond acceptors (Lipinski definition) is 5. The van der Waals surface area contributed by atoms with Crippen LogP contribution in [0.5, 0.6) is 0 Å². The molecule has 0 unspecified atom stereocenters. The SMILES string of the molecule is CC(=O)c1ccccc1NC(=O)Cn1ncsc1=O. The van der Waals surface area contributed by atoms with E-state index in [9.17, 15) is 14.4 Å². The van der Waals surface area contributed by atoms with Gasteiger partial charge in [0.25, 0.3) is 0 Å². The first-order chi connectivity index (χ1) is 9.08. The lowest BCUT2D eigenvalue weighted by Crippen LogP contribution is -2.25. The number of hydrogen-bond donors (Lipinski definition) is 1. The fraction of sp³-hybridized carbons (Fsp3) is 0.167. The van der Waals surface area contributed by atoms with E-state index in [1.807, 2.05) is 0 Å². The van der Waals surface area contributed by atoms with E-state index in [4.69, 9.17) is 0 Å². The molecule has 2 aromatic rings. The molecule has 1 amide bonds. The maximum absolute atomic E-state index is 11.8. The molecule has 0 saturated carbocycles. The van der Waals surface area contributed by atoms with Gasteiger partial charge in [0.05, 0.1) is 5.69 Å². The average molecular weight is 277 g/mol. The molecule has 19 heavy (non-hydrogen) atoms. The van der Waals surface area contributed by atoms with Crippen molar-refractivity contribution in [3.05, 3.63) is 45.0 Å². The number of nitrogens with one attached hydrogen (secondary N) is 1. The molecule has 7 heteroatoms. The van der Waals surface area contributed by atoms with E-state index in [2.05, 4.69) is 10.4 Å². The summed E-state index contributed by atoms with van der Waals surface area (Å²) in [7, 11) is 0. The number of benzene rings is 1. The summed E-state index contributed by atoms with van der Waals surface area (Å²) in [5, 5.41) is 6.35. The summed E-state index contributed by atoms with van der Waals surface area (Å²) in [4.78, 5) is 34.2. The summed E-state index contributed by atoms with van der Waals surface area (Å²) >= 11 is 0.923. The minimum Gasteiger partial charge on any atom is -0.324 e. The summed E-state index contributed by atoms with van der Waals surface area (Å²) in [5.74, 6) is -0.538. The molecular formula is C12H11N3O3S. The number of carbonyl (C=O) groups excluding carboxylic acids is 2. The van der Waals surface area contributed by atoms with Crippen LogP contribution in [0.25, 0.3) is 0 Å². The van der Waals surface area contributed by atoms with E-state index in [0.29, 0.717) is 11.3 Å². The Hall–Kier alpha value is -2.28. The highest BCUT2D eigenvalue weighted by Crippen LogP contribution is 2.15. The zero-order valence-electron chi connectivity index (χ0n) is 10.1. The summed E-state index contributed by atoms with van der Waals surface area (Å²) < 4.78 is 1.07. The number of aromatic nitrogens is 2. The van der Waals surface area contributed by atoms with Crippen LogP contribution in [0, 0.1) is 0 Å². The maximum Gasteiger partial charge on any atom is 0.325 e. The molecule has 0 saturated heterocycles. The van der Waals surface area contributed by atoms with Gasteiger partial charge in [-0.25, -0.2) is 4.68 Å². The Kier molecular flexibility index (Phi) is 3.86. The molecule has 1 aromatic carbocycles. The number of Topliss-reactive ketones (excluding diaryl/α,β-unsaturated/α-hetero) is 1. The van der Waals surface area contributed by atoms with E-state index in [-0.39, 0.29) is 17.2 Å². The van der Waals surface area contributed by atoms with Crippen LogP contribution in [-0.2, 0) is 11.3 Å².